The molecule has 3 heteroatoms. The van der Waals surface area contributed by atoms with Crippen LogP contribution in [0.25, 0.3) is 0 Å². The van der Waals surface area contributed by atoms with Gasteiger partial charge >= 0.3 is 0 Å². The molecule has 0 saturated heterocycles. The first-order valence-electron chi connectivity index (χ1n) is 3.64. The molecule has 0 amide bonds. The minimum Gasteiger partial charge on any atom is -0.146 e. The van der Waals surface area contributed by atoms with Gasteiger partial charge in [0.25, 0.3) is 7.42 Å². The Balaban J connectivity index is 2.31. The smallest absolute Gasteiger partial charge is 0.146 e. The van der Waals surface area contributed by atoms with Gasteiger partial charge in [0.2, 0.25) is 0 Å². The van der Waals surface area contributed by atoms with Crippen LogP contribution in [0.1, 0.15) is 25.7 Å². The van der Waals surface area contributed by atoms with E-state index in [0.29, 0.717) is 0 Å². The van der Waals surface area contributed by atoms with Gasteiger partial charge in [-0.2, -0.15) is 0 Å². The number of allylic oxidation sites excluding steroid dienone is 2. The number of rotatable bonds is 2. The molecule has 0 N–H and O–H groups in total. The molecule has 1 radical (unpaired) electrons. The molecule has 1 rings (SSSR count). The van der Waals surface area contributed by atoms with Gasteiger partial charge in [0.1, 0.15) is 0 Å². The second kappa shape index (κ2) is 4.42. The molecule has 0 heterocycles. The van der Waals surface area contributed by atoms with Crippen molar-refractivity contribution in [1.82, 2.24) is 0 Å². The van der Waals surface area contributed by atoms with Crippen molar-refractivity contribution >= 4 is 29.6 Å². The summed E-state index contributed by atoms with van der Waals surface area (Å²) < 4.78 is 0. The van der Waals surface area contributed by atoms with Crippen LogP contribution in [0.5, 0.6) is 0 Å². The van der Waals surface area contributed by atoms with E-state index in [9.17, 15) is 0 Å². The summed E-state index contributed by atoms with van der Waals surface area (Å²) >= 11 is 11.5. The van der Waals surface area contributed by atoms with Gasteiger partial charge in [-0.15, -0.1) is 22.2 Å². The Bertz CT molecular complexity index is 132. The van der Waals surface area contributed by atoms with E-state index in [1.807, 2.05) is 0 Å². The maximum Gasteiger partial charge on any atom is 0.278 e. The van der Waals surface area contributed by atoms with E-state index in [2.05, 4.69) is 6.08 Å². The van der Waals surface area contributed by atoms with Crippen LogP contribution in [0.3, 0.4) is 0 Å². The summed E-state index contributed by atoms with van der Waals surface area (Å²) in [7, 11) is -1.06. The molecule has 0 nitrogen and oxygen atoms in total. The quantitative estimate of drug-likeness (QED) is 0.359. The highest BCUT2D eigenvalue weighted by Crippen LogP contribution is 2.23. The first-order chi connectivity index (χ1) is 4.79. The third-order valence-corrected chi connectivity index (χ3v) is 3.27. The zero-order valence-electron chi connectivity index (χ0n) is 5.87. The van der Waals surface area contributed by atoms with Gasteiger partial charge in [-0.3, -0.25) is 0 Å². The van der Waals surface area contributed by atoms with E-state index in [1.54, 1.807) is 0 Å². The Morgan fingerprint density at radius 1 is 1.40 bits per heavy atom. The van der Waals surface area contributed by atoms with Crippen LogP contribution in [-0.2, 0) is 0 Å². The fourth-order valence-corrected chi connectivity index (χ4v) is 2.93. The summed E-state index contributed by atoms with van der Waals surface area (Å²) in [6.07, 6.45) is 7.44. The van der Waals surface area contributed by atoms with Gasteiger partial charge in [0, 0.05) is 0 Å². The van der Waals surface area contributed by atoms with Gasteiger partial charge in [-0.05, 0) is 31.7 Å². The van der Waals surface area contributed by atoms with Crippen molar-refractivity contribution in [1.29, 1.82) is 0 Å². The van der Waals surface area contributed by atoms with Gasteiger partial charge in [-0.1, -0.05) is 11.6 Å². The largest absolute Gasteiger partial charge is 0.278 e. The van der Waals surface area contributed by atoms with Crippen molar-refractivity contribution in [2.75, 3.05) is 0 Å². The molecular formula is C7H11Cl2Si. The highest BCUT2D eigenvalue weighted by Gasteiger charge is 2.09. The topological polar surface area (TPSA) is 0 Å². The SMILES string of the molecule is Cl[Si](Cl)CC1=CCCCC1. The Labute approximate surface area is 73.2 Å². The molecule has 0 saturated carbocycles. The molecule has 0 aliphatic heterocycles. The molecule has 0 fully saturated rings. The fourth-order valence-electron chi connectivity index (χ4n) is 1.24. The van der Waals surface area contributed by atoms with Gasteiger partial charge in [-0.25, -0.2) is 0 Å². The monoisotopic (exact) mass is 193 g/mol. The molecular weight excluding hydrogens is 183 g/mol. The molecule has 0 aromatic heterocycles. The van der Waals surface area contributed by atoms with Crippen molar-refractivity contribution < 1.29 is 0 Å². The Morgan fingerprint density at radius 2 is 2.20 bits per heavy atom. The van der Waals surface area contributed by atoms with Gasteiger partial charge in [0.05, 0.1) is 0 Å². The molecule has 0 bridgehead atoms. The summed E-state index contributed by atoms with van der Waals surface area (Å²) in [5.41, 5.74) is 1.49. The van der Waals surface area contributed by atoms with Crippen molar-refractivity contribution in [2.45, 2.75) is 31.7 Å². The summed E-state index contributed by atoms with van der Waals surface area (Å²) in [4.78, 5) is 0. The lowest BCUT2D eigenvalue weighted by Crippen LogP contribution is -1.98. The van der Waals surface area contributed by atoms with Crippen LogP contribution >= 0.6 is 22.2 Å². The van der Waals surface area contributed by atoms with Crippen molar-refractivity contribution in [3.63, 3.8) is 0 Å². The first-order valence-corrected chi connectivity index (χ1v) is 7.37. The minimum atomic E-state index is -1.06. The molecule has 0 unspecified atom stereocenters. The zero-order chi connectivity index (χ0) is 7.40. The first kappa shape index (κ1) is 8.63. The van der Waals surface area contributed by atoms with E-state index in [4.69, 9.17) is 22.2 Å². The molecule has 0 aromatic carbocycles. The van der Waals surface area contributed by atoms with Crippen LogP contribution in [0.2, 0.25) is 6.04 Å². The lowest BCUT2D eigenvalue weighted by Gasteiger charge is -2.11. The predicted molar refractivity (Wildman–Crippen MR) is 48.8 cm³/mol. The molecule has 0 atom stereocenters. The standard InChI is InChI=1S/C7H11Cl2Si/c8-10(9)6-7-4-2-1-3-5-7/h4H,1-3,5-6H2. The lowest BCUT2D eigenvalue weighted by molar-refractivity contribution is 0.701. The third-order valence-electron chi connectivity index (χ3n) is 1.75. The predicted octanol–water partition coefficient (Wildman–Crippen LogP) is 3.45. The Morgan fingerprint density at radius 3 is 2.70 bits per heavy atom. The van der Waals surface area contributed by atoms with Crippen molar-refractivity contribution in [3.8, 4) is 0 Å². The Hall–Kier alpha value is 0.537. The molecule has 0 spiro atoms. The number of hydrogen-bond acceptors (Lipinski definition) is 0. The second-order valence-corrected chi connectivity index (χ2v) is 6.97. The van der Waals surface area contributed by atoms with Crippen LogP contribution in [0, 0.1) is 0 Å². The fraction of sp³-hybridized carbons (Fsp3) is 0.714. The van der Waals surface area contributed by atoms with Crippen LogP contribution in [0.4, 0.5) is 0 Å². The van der Waals surface area contributed by atoms with Gasteiger partial charge in [0.15, 0.2) is 0 Å². The Kier molecular flexibility index (Phi) is 3.82. The highest BCUT2D eigenvalue weighted by molar-refractivity contribution is 7.34. The summed E-state index contributed by atoms with van der Waals surface area (Å²) in [5, 5.41) is 0. The third kappa shape index (κ3) is 3.09. The van der Waals surface area contributed by atoms with Crippen molar-refractivity contribution in [3.05, 3.63) is 11.6 Å². The van der Waals surface area contributed by atoms with E-state index < -0.39 is 7.42 Å². The van der Waals surface area contributed by atoms with E-state index in [1.165, 1.54) is 31.3 Å². The zero-order valence-corrected chi connectivity index (χ0v) is 8.38. The van der Waals surface area contributed by atoms with E-state index in [0.717, 1.165) is 6.04 Å². The van der Waals surface area contributed by atoms with Crippen molar-refractivity contribution in [2.24, 2.45) is 0 Å². The molecule has 1 aliphatic rings. The summed E-state index contributed by atoms with van der Waals surface area (Å²) in [6.45, 7) is 0. The lowest BCUT2D eigenvalue weighted by atomic mass is 10.0. The van der Waals surface area contributed by atoms with Crippen LogP contribution in [-0.4, -0.2) is 7.42 Å². The average molecular weight is 194 g/mol. The second-order valence-electron chi connectivity index (χ2n) is 2.62. The highest BCUT2D eigenvalue weighted by atomic mass is 35.7. The average Bonchev–Trinajstić information content (AvgIpc) is 1.88. The molecule has 10 heavy (non-hydrogen) atoms. The van der Waals surface area contributed by atoms with E-state index >= 15 is 0 Å². The number of halogens is 2. The number of hydrogen-bond donors (Lipinski definition) is 0. The summed E-state index contributed by atoms with van der Waals surface area (Å²) in [5.74, 6) is 0. The maximum atomic E-state index is 5.74. The van der Waals surface area contributed by atoms with Gasteiger partial charge < -0.3 is 0 Å². The van der Waals surface area contributed by atoms with Crippen LogP contribution < -0.4 is 0 Å². The molecule has 57 valence electrons. The van der Waals surface area contributed by atoms with E-state index in [-0.39, 0.29) is 0 Å². The molecule has 0 aromatic rings. The molecule has 1 aliphatic carbocycles. The summed E-state index contributed by atoms with van der Waals surface area (Å²) in [6, 6.07) is 0.966. The normalized spacial score (nSPS) is 19.3. The van der Waals surface area contributed by atoms with Crippen LogP contribution in [0.15, 0.2) is 11.6 Å². The maximum absolute atomic E-state index is 5.74. The minimum absolute atomic E-state index is 0.966.